The van der Waals surface area contributed by atoms with Crippen molar-refractivity contribution in [2.75, 3.05) is 32.2 Å². The Balaban J connectivity index is 0.000000707. The zero-order valence-electron chi connectivity index (χ0n) is 24.3. The Morgan fingerprint density at radius 2 is 1.84 bits per heavy atom. The average molecular weight is 652 g/mol. The van der Waals surface area contributed by atoms with Crippen LogP contribution in [0.4, 0.5) is 24.8 Å². The summed E-state index contributed by atoms with van der Waals surface area (Å²) in [5.74, 6) is -2.48. The smallest absolute Gasteiger partial charge is 0.430 e. The molecule has 5 N–H and O–H groups in total. The number of carbonyl (C=O) groups is 3. The Kier molecular flexibility index (Phi) is 11.1. The zero-order chi connectivity index (χ0) is 33.5. The number of carbonyl (C=O) groups excluding carboxylic acids is 3. The number of rotatable bonds is 9. The Labute approximate surface area is 259 Å². The first-order valence-electron chi connectivity index (χ1n) is 13.1. The molecule has 1 aromatic carbocycles. The summed E-state index contributed by atoms with van der Waals surface area (Å²) in [6.07, 6.45) is -1.69. The summed E-state index contributed by atoms with van der Waals surface area (Å²) in [6, 6.07) is 9.49. The highest BCUT2D eigenvalue weighted by molar-refractivity contribution is 6.31. The minimum atomic E-state index is -5.19. The number of amides is 2. The Morgan fingerprint density at radius 3 is 2.42 bits per heavy atom. The van der Waals surface area contributed by atoms with Crippen LogP contribution in [0.3, 0.4) is 0 Å². The predicted molar refractivity (Wildman–Crippen MR) is 153 cm³/mol. The van der Waals surface area contributed by atoms with Gasteiger partial charge in [0, 0.05) is 38.1 Å². The van der Waals surface area contributed by atoms with Crippen molar-refractivity contribution < 1.29 is 42.0 Å². The molecule has 0 fully saturated rings. The van der Waals surface area contributed by atoms with Crippen molar-refractivity contribution in [3.63, 3.8) is 0 Å². The molecule has 0 saturated carbocycles. The van der Waals surface area contributed by atoms with E-state index in [9.17, 15) is 22.8 Å². The van der Waals surface area contributed by atoms with Gasteiger partial charge in [0.1, 0.15) is 24.8 Å². The number of nitrogen functional groups attached to an aromatic ring is 2. The molecule has 0 aliphatic rings. The molecule has 2 amide bonds. The van der Waals surface area contributed by atoms with Crippen molar-refractivity contribution in [3.8, 4) is 5.75 Å². The van der Waals surface area contributed by atoms with Crippen molar-refractivity contribution in [2.45, 2.75) is 32.7 Å². The summed E-state index contributed by atoms with van der Waals surface area (Å²) in [5, 5.41) is 11.6. The highest BCUT2D eigenvalue weighted by Crippen LogP contribution is 2.23. The van der Waals surface area contributed by atoms with E-state index in [2.05, 4.69) is 29.4 Å². The average Bonchev–Trinajstić information content (AvgIpc) is 3.27. The Bertz CT molecular complexity index is 1700. The molecular weight excluding hydrogens is 623 g/mol. The number of hydrogen-bond donors (Lipinski definition) is 3. The Hall–Kier alpha value is -5.19. The standard InChI is InChI=1S/C25H28ClN9O3.C2HF3O2/c1-4-34-18-10-16(38-14-20(36)33(2)3)7-8-17(18)35(13-15-6-5-9-29-11-15)19(34)12-30-25(37)21-23(27)32-24(28)22(26)31-21;3-2(4,5)1(6)7/h5-11H,4,12-14H2,1-3H3,(H4-,27,28,30,32,37);(H,6,7). The highest BCUT2D eigenvalue weighted by Gasteiger charge is 2.29. The zero-order valence-corrected chi connectivity index (χ0v) is 25.0. The summed E-state index contributed by atoms with van der Waals surface area (Å²) in [7, 11) is 3.35. The molecule has 0 saturated heterocycles. The molecule has 0 atom stereocenters. The van der Waals surface area contributed by atoms with Gasteiger partial charge in [-0.15, -0.1) is 0 Å². The van der Waals surface area contributed by atoms with Crippen LogP contribution < -0.4 is 31.2 Å². The van der Waals surface area contributed by atoms with Crippen LogP contribution in [0.5, 0.6) is 5.75 Å². The van der Waals surface area contributed by atoms with Crippen molar-refractivity contribution >= 4 is 52.1 Å². The van der Waals surface area contributed by atoms with E-state index in [1.807, 2.05) is 37.3 Å². The van der Waals surface area contributed by atoms with E-state index in [1.54, 1.807) is 26.5 Å². The van der Waals surface area contributed by atoms with E-state index >= 15 is 0 Å². The first kappa shape index (κ1) is 34.3. The molecule has 0 unspecified atom stereocenters. The van der Waals surface area contributed by atoms with Gasteiger partial charge in [0.15, 0.2) is 40.1 Å². The lowest BCUT2D eigenvalue weighted by Gasteiger charge is -2.11. The van der Waals surface area contributed by atoms with Crippen LogP contribution in [-0.4, -0.2) is 69.1 Å². The first-order chi connectivity index (χ1) is 21.1. The van der Waals surface area contributed by atoms with Crippen LogP contribution in [0, 0.1) is 0 Å². The fraction of sp³-hybridized carbons (Fsp3) is 0.296. The van der Waals surface area contributed by atoms with Crippen molar-refractivity contribution in [2.24, 2.45) is 0 Å². The second kappa shape index (κ2) is 14.5. The molecule has 0 aliphatic carbocycles. The lowest BCUT2D eigenvalue weighted by Crippen LogP contribution is -2.42. The van der Waals surface area contributed by atoms with Gasteiger partial charge in [-0.1, -0.05) is 17.7 Å². The number of fused-ring (bicyclic) bond motifs is 1. The Morgan fingerprint density at radius 1 is 1.16 bits per heavy atom. The van der Waals surface area contributed by atoms with Crippen LogP contribution in [-0.2, 0) is 29.2 Å². The van der Waals surface area contributed by atoms with Gasteiger partial charge < -0.3 is 36.3 Å². The summed E-state index contributed by atoms with van der Waals surface area (Å²) < 4.78 is 41.5. The van der Waals surface area contributed by atoms with Gasteiger partial charge in [-0.25, -0.2) is 19.1 Å². The number of anilines is 2. The molecule has 0 spiro atoms. The molecule has 14 nitrogen and oxygen atoms in total. The molecule has 18 heteroatoms. The van der Waals surface area contributed by atoms with Crippen molar-refractivity contribution in [1.29, 1.82) is 0 Å². The van der Waals surface area contributed by atoms with Gasteiger partial charge in [-0.05, 0) is 25.1 Å². The van der Waals surface area contributed by atoms with E-state index in [0.29, 0.717) is 18.8 Å². The topological polar surface area (TPSA) is 198 Å². The molecule has 3 aromatic heterocycles. The van der Waals surface area contributed by atoms with E-state index in [4.69, 9.17) is 37.7 Å². The summed E-state index contributed by atoms with van der Waals surface area (Å²) in [6.45, 7) is 3.21. The van der Waals surface area contributed by atoms with Crippen LogP contribution in [0.2, 0.25) is 5.15 Å². The third kappa shape index (κ3) is 8.69. The van der Waals surface area contributed by atoms with E-state index < -0.39 is 18.1 Å². The number of aliphatic carboxylic acids is 1. The van der Waals surface area contributed by atoms with E-state index in [0.717, 1.165) is 22.4 Å². The minimum Gasteiger partial charge on any atom is -0.542 e. The summed E-state index contributed by atoms with van der Waals surface area (Å²) in [4.78, 5) is 47.3. The molecule has 0 aliphatic heterocycles. The maximum Gasteiger partial charge on any atom is 0.430 e. The number of pyridine rings is 1. The fourth-order valence-electron chi connectivity index (χ4n) is 3.98. The number of alkyl halides is 3. The summed E-state index contributed by atoms with van der Waals surface area (Å²) >= 11 is 5.96. The molecule has 4 rings (SSSR count). The van der Waals surface area contributed by atoms with Gasteiger partial charge in [0.2, 0.25) is 0 Å². The monoisotopic (exact) mass is 651 g/mol. The molecule has 0 radical (unpaired) electrons. The number of likely N-dealkylation sites (N-methyl/N-ethyl adjacent to an activating group) is 1. The second-order valence-electron chi connectivity index (χ2n) is 9.44. The van der Waals surface area contributed by atoms with Gasteiger partial charge in [-0.2, -0.15) is 13.2 Å². The number of carboxylic acid groups (broad SMARTS) is 1. The van der Waals surface area contributed by atoms with E-state index in [-0.39, 0.29) is 41.5 Å². The summed E-state index contributed by atoms with van der Waals surface area (Å²) in [5.41, 5.74) is 14.2. The third-order valence-electron chi connectivity index (χ3n) is 6.15. The van der Waals surface area contributed by atoms with Crippen LogP contribution in [0.15, 0.2) is 42.7 Å². The number of nitrogens with zero attached hydrogens (tertiary/aromatic N) is 6. The number of imidazole rings is 1. The lowest BCUT2D eigenvalue weighted by atomic mass is 10.2. The van der Waals surface area contributed by atoms with Gasteiger partial charge in [0.25, 0.3) is 17.6 Å². The van der Waals surface area contributed by atoms with Gasteiger partial charge in [-0.3, -0.25) is 14.6 Å². The molecule has 240 valence electrons. The van der Waals surface area contributed by atoms with Gasteiger partial charge >= 0.3 is 6.18 Å². The number of nitrogens with one attached hydrogen (secondary N) is 1. The number of aryl methyl sites for hydroxylation is 1. The van der Waals surface area contributed by atoms with Crippen molar-refractivity contribution in [1.82, 2.24) is 29.7 Å². The third-order valence-corrected chi connectivity index (χ3v) is 6.43. The quantitative estimate of drug-likeness (QED) is 0.217. The molecule has 45 heavy (non-hydrogen) atoms. The number of ether oxygens (including phenoxy) is 1. The maximum atomic E-state index is 13.0. The number of hydrogen-bond acceptors (Lipinski definition) is 10. The number of halogens is 4. The largest absolute Gasteiger partial charge is 0.542 e. The predicted octanol–water partition coefficient (Wildman–Crippen LogP) is 0.695. The molecule has 0 bridgehead atoms. The van der Waals surface area contributed by atoms with Crippen LogP contribution >= 0.6 is 11.6 Å². The van der Waals surface area contributed by atoms with Gasteiger partial charge in [0.05, 0.1) is 6.54 Å². The van der Waals surface area contributed by atoms with E-state index in [1.165, 1.54) is 4.90 Å². The van der Waals surface area contributed by atoms with Crippen LogP contribution in [0.1, 0.15) is 28.8 Å². The molecule has 3 heterocycles. The van der Waals surface area contributed by atoms with Crippen LogP contribution in [0.25, 0.3) is 11.0 Å². The highest BCUT2D eigenvalue weighted by atomic mass is 35.5. The maximum absolute atomic E-state index is 13.0. The number of benzene rings is 1. The normalized spacial score (nSPS) is 11.0. The first-order valence-corrected chi connectivity index (χ1v) is 13.4. The number of carboxylic acids is 1. The SMILES string of the molecule is CCn1c(CNC(=O)c2nc(Cl)c(N)nc2N)[n+](Cc2cccnc2)c2ccc(OCC(=O)N(C)C)cc21.O=C([O-])C(F)(F)F. The number of nitrogens with two attached hydrogens (primary N) is 2. The lowest BCUT2D eigenvalue weighted by molar-refractivity contribution is -0.671. The molecule has 4 aromatic rings. The minimum absolute atomic E-state index is 0.0496. The number of aromatic nitrogens is 5. The fourth-order valence-corrected chi connectivity index (χ4v) is 4.11. The molecular formula is C27H29ClF3N9O5. The second-order valence-corrected chi connectivity index (χ2v) is 9.79. The van der Waals surface area contributed by atoms with Crippen molar-refractivity contribution in [3.05, 3.63) is 65.0 Å².